The van der Waals surface area contributed by atoms with Crippen molar-refractivity contribution in [2.75, 3.05) is 25.0 Å². The first-order valence-corrected chi connectivity index (χ1v) is 10.6. The standard InChI is InChI=1S/C20H24ClN3O3S/c1-3-27-20(26)24-9-7-14(8-10-24)18(25)23-19-22-12-16(28-19)11-15-6-4-5-13(2)17(15)21/h4-6,12,14H,3,7-11H2,1-2H3,(H,22,23,25). The highest BCUT2D eigenvalue weighted by Gasteiger charge is 2.28. The molecule has 1 aliphatic heterocycles. The summed E-state index contributed by atoms with van der Waals surface area (Å²) in [5.41, 5.74) is 2.10. The van der Waals surface area contributed by atoms with Gasteiger partial charge in [-0.15, -0.1) is 11.3 Å². The zero-order chi connectivity index (χ0) is 20.1. The first-order valence-electron chi connectivity index (χ1n) is 9.39. The lowest BCUT2D eigenvalue weighted by atomic mass is 9.96. The van der Waals surface area contributed by atoms with Crippen LogP contribution in [0.5, 0.6) is 0 Å². The summed E-state index contributed by atoms with van der Waals surface area (Å²) in [6, 6.07) is 5.98. The summed E-state index contributed by atoms with van der Waals surface area (Å²) in [4.78, 5) is 31.3. The first kappa shape index (κ1) is 20.6. The van der Waals surface area contributed by atoms with E-state index in [9.17, 15) is 9.59 Å². The van der Waals surface area contributed by atoms with Crippen molar-refractivity contribution >= 4 is 40.1 Å². The highest BCUT2D eigenvalue weighted by Crippen LogP contribution is 2.27. The van der Waals surface area contributed by atoms with E-state index in [1.807, 2.05) is 25.1 Å². The van der Waals surface area contributed by atoms with Crippen LogP contribution in [0.15, 0.2) is 24.4 Å². The highest BCUT2D eigenvalue weighted by molar-refractivity contribution is 7.15. The number of piperidine rings is 1. The molecule has 2 amide bonds. The number of halogens is 1. The highest BCUT2D eigenvalue weighted by atomic mass is 35.5. The zero-order valence-electron chi connectivity index (χ0n) is 16.0. The number of aryl methyl sites for hydroxylation is 1. The molecule has 6 nitrogen and oxygen atoms in total. The number of carbonyl (C=O) groups is 2. The molecular formula is C20H24ClN3O3S. The minimum absolute atomic E-state index is 0.0435. The Balaban J connectivity index is 1.53. The summed E-state index contributed by atoms with van der Waals surface area (Å²) < 4.78 is 5.01. The molecule has 3 rings (SSSR count). The number of rotatable bonds is 5. The largest absolute Gasteiger partial charge is 0.450 e. The Bertz CT molecular complexity index is 847. The molecule has 0 spiro atoms. The van der Waals surface area contributed by atoms with E-state index < -0.39 is 0 Å². The van der Waals surface area contributed by atoms with Gasteiger partial charge < -0.3 is 15.0 Å². The van der Waals surface area contributed by atoms with Crippen molar-refractivity contribution in [1.82, 2.24) is 9.88 Å². The Morgan fingerprint density at radius 2 is 2.11 bits per heavy atom. The van der Waals surface area contributed by atoms with Gasteiger partial charge in [0.05, 0.1) is 6.61 Å². The third kappa shape index (κ3) is 5.02. The second-order valence-electron chi connectivity index (χ2n) is 6.81. The molecular weight excluding hydrogens is 398 g/mol. The van der Waals surface area contributed by atoms with Crippen LogP contribution in [0.2, 0.25) is 5.02 Å². The molecule has 1 saturated heterocycles. The molecule has 0 aliphatic carbocycles. The molecule has 1 aliphatic rings. The number of nitrogens with one attached hydrogen (secondary N) is 1. The fraction of sp³-hybridized carbons (Fsp3) is 0.450. The van der Waals surface area contributed by atoms with E-state index in [1.165, 1.54) is 11.3 Å². The van der Waals surface area contributed by atoms with E-state index in [0.717, 1.165) is 21.0 Å². The van der Waals surface area contributed by atoms with E-state index in [4.69, 9.17) is 16.3 Å². The maximum absolute atomic E-state index is 12.5. The van der Waals surface area contributed by atoms with E-state index in [1.54, 1.807) is 18.0 Å². The Labute approximate surface area is 173 Å². The molecule has 28 heavy (non-hydrogen) atoms. The van der Waals surface area contributed by atoms with Gasteiger partial charge in [-0.05, 0) is 37.8 Å². The number of nitrogens with zero attached hydrogens (tertiary/aromatic N) is 2. The van der Waals surface area contributed by atoms with Crippen LogP contribution in [0.3, 0.4) is 0 Å². The number of amides is 2. The number of anilines is 1. The molecule has 1 N–H and O–H groups in total. The minimum atomic E-state index is -0.305. The van der Waals surface area contributed by atoms with Crippen molar-refractivity contribution in [3.05, 3.63) is 45.4 Å². The van der Waals surface area contributed by atoms with Gasteiger partial charge in [-0.25, -0.2) is 9.78 Å². The molecule has 2 heterocycles. The van der Waals surface area contributed by atoms with Gasteiger partial charge in [0, 0.05) is 41.5 Å². The van der Waals surface area contributed by atoms with Crippen LogP contribution in [0.1, 0.15) is 35.8 Å². The van der Waals surface area contributed by atoms with Crippen molar-refractivity contribution in [3.63, 3.8) is 0 Å². The number of carbonyl (C=O) groups excluding carboxylic acids is 2. The summed E-state index contributed by atoms with van der Waals surface area (Å²) in [6.07, 6.45) is 3.42. The number of ether oxygens (including phenoxy) is 1. The van der Waals surface area contributed by atoms with Crippen LogP contribution < -0.4 is 5.32 Å². The van der Waals surface area contributed by atoms with Crippen molar-refractivity contribution in [2.24, 2.45) is 5.92 Å². The minimum Gasteiger partial charge on any atom is -0.450 e. The van der Waals surface area contributed by atoms with Crippen molar-refractivity contribution in [2.45, 2.75) is 33.1 Å². The summed E-state index contributed by atoms with van der Waals surface area (Å²) in [5, 5.41) is 4.28. The smallest absolute Gasteiger partial charge is 0.409 e. The van der Waals surface area contributed by atoms with Gasteiger partial charge in [0.25, 0.3) is 0 Å². The van der Waals surface area contributed by atoms with Gasteiger partial charge in [-0.3, -0.25) is 4.79 Å². The van der Waals surface area contributed by atoms with Gasteiger partial charge in [0.1, 0.15) is 0 Å². The molecule has 0 bridgehead atoms. The van der Waals surface area contributed by atoms with Crippen molar-refractivity contribution in [1.29, 1.82) is 0 Å². The van der Waals surface area contributed by atoms with E-state index in [2.05, 4.69) is 10.3 Å². The number of aromatic nitrogens is 1. The monoisotopic (exact) mass is 421 g/mol. The average Bonchev–Trinajstić information content (AvgIpc) is 3.12. The predicted octanol–water partition coefficient (Wildman–Crippen LogP) is 4.50. The first-order chi connectivity index (χ1) is 13.5. The zero-order valence-corrected chi connectivity index (χ0v) is 17.6. The summed E-state index contributed by atoms with van der Waals surface area (Å²) >= 11 is 7.83. The Morgan fingerprint density at radius 3 is 2.82 bits per heavy atom. The lowest BCUT2D eigenvalue weighted by molar-refractivity contribution is -0.121. The van der Waals surface area contributed by atoms with Gasteiger partial charge in [-0.2, -0.15) is 0 Å². The van der Waals surface area contributed by atoms with Crippen LogP contribution >= 0.6 is 22.9 Å². The van der Waals surface area contributed by atoms with Crippen LogP contribution in [0.4, 0.5) is 9.93 Å². The van der Waals surface area contributed by atoms with Crippen molar-refractivity contribution < 1.29 is 14.3 Å². The van der Waals surface area contributed by atoms with Gasteiger partial charge in [0.2, 0.25) is 5.91 Å². The van der Waals surface area contributed by atoms with E-state index in [0.29, 0.717) is 44.1 Å². The number of benzene rings is 1. The van der Waals surface area contributed by atoms with Crippen LogP contribution in [-0.2, 0) is 16.0 Å². The van der Waals surface area contributed by atoms with Gasteiger partial charge in [-0.1, -0.05) is 29.8 Å². The average molecular weight is 422 g/mol. The predicted molar refractivity (Wildman–Crippen MR) is 111 cm³/mol. The molecule has 1 aromatic carbocycles. The van der Waals surface area contributed by atoms with Gasteiger partial charge >= 0.3 is 6.09 Å². The quantitative estimate of drug-likeness (QED) is 0.771. The van der Waals surface area contributed by atoms with Crippen molar-refractivity contribution in [3.8, 4) is 0 Å². The Morgan fingerprint density at radius 1 is 1.36 bits per heavy atom. The molecule has 2 aromatic rings. The molecule has 0 saturated carbocycles. The lowest BCUT2D eigenvalue weighted by Gasteiger charge is -2.30. The molecule has 1 aromatic heterocycles. The molecule has 150 valence electrons. The van der Waals surface area contributed by atoms with Crippen LogP contribution in [-0.4, -0.2) is 41.6 Å². The van der Waals surface area contributed by atoms with Crippen LogP contribution in [0, 0.1) is 12.8 Å². The van der Waals surface area contributed by atoms with Gasteiger partial charge in [0.15, 0.2) is 5.13 Å². The number of hydrogen-bond acceptors (Lipinski definition) is 5. The van der Waals surface area contributed by atoms with E-state index in [-0.39, 0.29) is 17.9 Å². The third-order valence-corrected chi connectivity index (χ3v) is 6.27. The topological polar surface area (TPSA) is 71.5 Å². The summed E-state index contributed by atoms with van der Waals surface area (Å²) in [7, 11) is 0. The number of likely N-dealkylation sites (tertiary alicyclic amines) is 1. The Kier molecular flexibility index (Phi) is 6.91. The fourth-order valence-corrected chi connectivity index (χ4v) is 4.26. The van der Waals surface area contributed by atoms with Crippen LogP contribution in [0.25, 0.3) is 0 Å². The molecule has 0 radical (unpaired) electrons. The second-order valence-corrected chi connectivity index (χ2v) is 8.30. The fourth-order valence-electron chi connectivity index (χ4n) is 3.23. The molecule has 8 heteroatoms. The van der Waals surface area contributed by atoms with E-state index >= 15 is 0 Å². The lowest BCUT2D eigenvalue weighted by Crippen LogP contribution is -2.41. The molecule has 0 atom stereocenters. The summed E-state index contributed by atoms with van der Waals surface area (Å²) in [6.45, 7) is 5.20. The second kappa shape index (κ2) is 9.39. The third-order valence-electron chi connectivity index (χ3n) is 4.81. The number of thiazole rings is 1. The Hall–Kier alpha value is -2.12. The normalized spacial score (nSPS) is 14.8. The molecule has 0 unspecified atom stereocenters. The molecule has 1 fully saturated rings. The SMILES string of the molecule is CCOC(=O)N1CCC(C(=O)Nc2ncc(Cc3cccc(C)c3Cl)s2)CC1. The number of hydrogen-bond donors (Lipinski definition) is 1. The maximum Gasteiger partial charge on any atom is 0.409 e. The maximum atomic E-state index is 12.5. The summed E-state index contributed by atoms with van der Waals surface area (Å²) in [5.74, 6) is -0.165.